The number of rotatable bonds is 5. The number of carbonyl (C=O) groups excluding carboxylic acids is 1. The van der Waals surface area contributed by atoms with E-state index >= 15 is 0 Å². The fourth-order valence-corrected chi connectivity index (χ4v) is 2.00. The smallest absolute Gasteiger partial charge is 0.310 e. The van der Waals surface area contributed by atoms with Crippen molar-refractivity contribution in [1.82, 2.24) is 0 Å². The number of ether oxygens (including phenoxy) is 1. The van der Waals surface area contributed by atoms with Crippen LogP contribution in [0.15, 0.2) is 72.8 Å². The summed E-state index contributed by atoms with van der Waals surface area (Å²) in [5.41, 5.74) is 2.73. The predicted molar refractivity (Wildman–Crippen MR) is 80.3 cm³/mol. The fraction of sp³-hybridized carbons (Fsp3) is 0.167. The molecule has 0 aliphatic rings. The highest BCUT2D eigenvalue weighted by Gasteiger charge is 2.18. The molecule has 0 saturated heterocycles. The number of hydrogen-bond acceptors (Lipinski definition) is 2. The first kappa shape index (κ1) is 14.1. The third-order valence-corrected chi connectivity index (χ3v) is 2.90. The van der Waals surface area contributed by atoms with Crippen LogP contribution < -0.4 is 0 Å². The second kappa shape index (κ2) is 6.71. The summed E-state index contributed by atoms with van der Waals surface area (Å²) >= 11 is 0. The van der Waals surface area contributed by atoms with Crippen LogP contribution in [0.5, 0.6) is 0 Å². The summed E-state index contributed by atoms with van der Waals surface area (Å²) in [4.78, 5) is 11.9. The molecule has 0 amide bonds. The Morgan fingerprint density at radius 1 is 1.00 bits per heavy atom. The molecule has 2 heteroatoms. The molecular formula is C18H18O2. The van der Waals surface area contributed by atoms with Gasteiger partial charge in [0.15, 0.2) is 6.10 Å². The Balaban J connectivity index is 2.26. The topological polar surface area (TPSA) is 26.3 Å². The van der Waals surface area contributed by atoms with Crippen molar-refractivity contribution in [2.45, 2.75) is 19.4 Å². The zero-order valence-corrected chi connectivity index (χ0v) is 11.6. The Morgan fingerprint density at radius 2 is 1.45 bits per heavy atom. The zero-order valence-electron chi connectivity index (χ0n) is 11.6. The van der Waals surface area contributed by atoms with Crippen LogP contribution >= 0.6 is 0 Å². The highest BCUT2D eigenvalue weighted by molar-refractivity contribution is 5.72. The van der Waals surface area contributed by atoms with E-state index in [1.807, 2.05) is 67.6 Å². The van der Waals surface area contributed by atoms with Crippen LogP contribution in [-0.2, 0) is 9.53 Å². The molecule has 2 rings (SSSR count). The van der Waals surface area contributed by atoms with Gasteiger partial charge in [-0.3, -0.25) is 4.79 Å². The van der Waals surface area contributed by atoms with Gasteiger partial charge in [-0.2, -0.15) is 0 Å². The molecule has 0 saturated carbocycles. The zero-order chi connectivity index (χ0) is 14.4. The largest absolute Gasteiger partial charge is 0.452 e. The molecule has 0 aliphatic heterocycles. The van der Waals surface area contributed by atoms with Crippen LogP contribution in [0.4, 0.5) is 0 Å². The standard InChI is InChI=1S/C18H18O2/c1-14(2)13-17(19)20-18(15-9-5-3-6-10-15)16-11-7-4-8-12-16/h3-12,18H,1,13H2,2H3. The quantitative estimate of drug-likeness (QED) is 0.596. The molecule has 2 aromatic carbocycles. The van der Waals surface area contributed by atoms with Crippen molar-refractivity contribution in [3.8, 4) is 0 Å². The number of carbonyl (C=O) groups is 1. The first-order chi connectivity index (χ1) is 9.66. The molecule has 0 atom stereocenters. The van der Waals surface area contributed by atoms with Gasteiger partial charge in [0, 0.05) is 0 Å². The van der Waals surface area contributed by atoms with Crippen molar-refractivity contribution in [2.24, 2.45) is 0 Å². The first-order valence-corrected chi connectivity index (χ1v) is 6.60. The lowest BCUT2D eigenvalue weighted by atomic mass is 10.0. The molecular weight excluding hydrogens is 248 g/mol. The highest BCUT2D eigenvalue weighted by Crippen LogP contribution is 2.26. The molecule has 20 heavy (non-hydrogen) atoms. The number of hydrogen-bond donors (Lipinski definition) is 0. The van der Waals surface area contributed by atoms with Crippen LogP contribution in [0.1, 0.15) is 30.6 Å². The summed E-state index contributed by atoms with van der Waals surface area (Å²) in [5.74, 6) is -0.254. The molecule has 0 unspecified atom stereocenters. The van der Waals surface area contributed by atoms with Crippen molar-refractivity contribution in [3.05, 3.63) is 83.9 Å². The lowest BCUT2D eigenvalue weighted by Gasteiger charge is -2.19. The molecule has 0 aromatic heterocycles. The van der Waals surface area contributed by atoms with Crippen LogP contribution in [-0.4, -0.2) is 5.97 Å². The number of esters is 1. The lowest BCUT2D eigenvalue weighted by Crippen LogP contribution is -2.12. The maximum Gasteiger partial charge on any atom is 0.310 e. The van der Waals surface area contributed by atoms with Crippen molar-refractivity contribution in [2.75, 3.05) is 0 Å². The van der Waals surface area contributed by atoms with E-state index in [-0.39, 0.29) is 18.5 Å². The molecule has 0 bridgehead atoms. The van der Waals surface area contributed by atoms with Gasteiger partial charge in [-0.1, -0.05) is 72.8 Å². The second-order valence-electron chi connectivity index (χ2n) is 4.83. The summed E-state index contributed by atoms with van der Waals surface area (Å²) in [6.45, 7) is 5.57. The van der Waals surface area contributed by atoms with Gasteiger partial charge >= 0.3 is 5.97 Å². The minimum absolute atomic E-state index is 0.246. The van der Waals surface area contributed by atoms with Crippen LogP contribution in [0.25, 0.3) is 0 Å². The van der Waals surface area contributed by atoms with E-state index in [9.17, 15) is 4.79 Å². The average Bonchev–Trinajstić information content (AvgIpc) is 2.46. The van der Waals surface area contributed by atoms with Gasteiger partial charge in [-0.25, -0.2) is 0 Å². The Kier molecular flexibility index (Phi) is 4.72. The monoisotopic (exact) mass is 266 g/mol. The van der Waals surface area contributed by atoms with E-state index in [0.29, 0.717) is 0 Å². The molecule has 2 nitrogen and oxygen atoms in total. The summed E-state index contributed by atoms with van der Waals surface area (Å²) in [5, 5.41) is 0. The molecule has 2 aromatic rings. The van der Waals surface area contributed by atoms with Crippen molar-refractivity contribution < 1.29 is 9.53 Å². The summed E-state index contributed by atoms with van der Waals surface area (Å²) in [7, 11) is 0. The molecule has 0 radical (unpaired) electrons. The Hall–Kier alpha value is -2.35. The van der Waals surface area contributed by atoms with Gasteiger partial charge < -0.3 is 4.74 Å². The van der Waals surface area contributed by atoms with Crippen molar-refractivity contribution in [3.63, 3.8) is 0 Å². The van der Waals surface area contributed by atoms with E-state index < -0.39 is 0 Å². The average molecular weight is 266 g/mol. The second-order valence-corrected chi connectivity index (χ2v) is 4.83. The number of benzene rings is 2. The summed E-state index contributed by atoms with van der Waals surface area (Å²) < 4.78 is 5.63. The van der Waals surface area contributed by atoms with E-state index in [2.05, 4.69) is 6.58 Å². The van der Waals surface area contributed by atoms with Gasteiger partial charge in [0.2, 0.25) is 0 Å². The third kappa shape index (κ3) is 3.82. The maximum absolute atomic E-state index is 11.9. The van der Waals surface area contributed by atoms with Gasteiger partial charge in [0.05, 0.1) is 6.42 Å². The molecule has 0 heterocycles. The molecule has 0 N–H and O–H groups in total. The Bertz CT molecular complexity index is 533. The first-order valence-electron chi connectivity index (χ1n) is 6.60. The van der Waals surface area contributed by atoms with E-state index in [4.69, 9.17) is 4.74 Å². The summed E-state index contributed by atoms with van der Waals surface area (Å²) in [6, 6.07) is 19.5. The van der Waals surface area contributed by atoms with Gasteiger partial charge in [0.1, 0.15) is 0 Å². The SMILES string of the molecule is C=C(C)CC(=O)OC(c1ccccc1)c1ccccc1. The molecule has 0 fully saturated rings. The Labute approximate surface area is 119 Å². The van der Waals surface area contributed by atoms with Crippen molar-refractivity contribution in [1.29, 1.82) is 0 Å². The minimum Gasteiger partial charge on any atom is -0.452 e. The fourth-order valence-electron chi connectivity index (χ4n) is 2.00. The summed E-state index contributed by atoms with van der Waals surface area (Å²) in [6.07, 6.45) is -0.125. The molecule has 102 valence electrons. The highest BCUT2D eigenvalue weighted by atomic mass is 16.5. The van der Waals surface area contributed by atoms with Gasteiger partial charge in [0.25, 0.3) is 0 Å². The van der Waals surface area contributed by atoms with Crippen molar-refractivity contribution >= 4 is 5.97 Å². The van der Waals surface area contributed by atoms with Gasteiger partial charge in [-0.15, -0.1) is 0 Å². The predicted octanol–water partition coefficient (Wildman–Crippen LogP) is 4.29. The van der Waals surface area contributed by atoms with Crippen LogP contribution in [0, 0.1) is 0 Å². The van der Waals surface area contributed by atoms with E-state index in [1.165, 1.54) is 0 Å². The lowest BCUT2D eigenvalue weighted by molar-refractivity contribution is -0.146. The minimum atomic E-state index is -0.371. The van der Waals surface area contributed by atoms with E-state index in [1.54, 1.807) is 0 Å². The maximum atomic E-state index is 11.9. The van der Waals surface area contributed by atoms with E-state index in [0.717, 1.165) is 16.7 Å². The van der Waals surface area contributed by atoms with Crippen LogP contribution in [0.3, 0.4) is 0 Å². The third-order valence-electron chi connectivity index (χ3n) is 2.90. The van der Waals surface area contributed by atoms with Gasteiger partial charge in [-0.05, 0) is 18.1 Å². The Morgan fingerprint density at radius 3 is 1.85 bits per heavy atom. The molecule has 0 spiro atoms. The normalized spacial score (nSPS) is 10.3. The molecule has 0 aliphatic carbocycles. The van der Waals surface area contributed by atoms with Crippen LogP contribution in [0.2, 0.25) is 0 Å².